The van der Waals surface area contributed by atoms with Gasteiger partial charge >= 0.3 is 0 Å². The minimum atomic E-state index is -0.615. The van der Waals surface area contributed by atoms with Crippen LogP contribution < -0.4 is 4.90 Å². The van der Waals surface area contributed by atoms with Crippen LogP contribution in [-0.2, 0) is 0 Å². The first-order valence-corrected chi connectivity index (χ1v) is 7.40. The lowest BCUT2D eigenvalue weighted by Gasteiger charge is -2.36. The van der Waals surface area contributed by atoms with Gasteiger partial charge in [-0.25, -0.2) is 0 Å². The van der Waals surface area contributed by atoms with Gasteiger partial charge in [0.1, 0.15) is 0 Å². The lowest BCUT2D eigenvalue weighted by Crippen LogP contribution is -2.48. The summed E-state index contributed by atoms with van der Waals surface area (Å²) in [4.78, 5) is 16.3. The van der Waals surface area contributed by atoms with E-state index in [0.29, 0.717) is 26.2 Å². The van der Waals surface area contributed by atoms with Gasteiger partial charge in [-0.1, -0.05) is 18.2 Å². The molecule has 0 aliphatic carbocycles. The molecule has 0 spiro atoms. The summed E-state index contributed by atoms with van der Waals surface area (Å²) in [6.45, 7) is 2.53. The minimum absolute atomic E-state index is 0.158. The van der Waals surface area contributed by atoms with Crippen molar-refractivity contribution in [1.29, 1.82) is 0 Å². The third-order valence-corrected chi connectivity index (χ3v) is 4.00. The number of nitrogens with zero attached hydrogens (tertiary/aromatic N) is 2. The average Bonchev–Trinajstić information content (AvgIpc) is 2.59. The number of carbonyl (C=O) groups excluding carboxylic acids is 1. The number of hydrogen-bond donors (Lipinski definition) is 3. The molecule has 1 fully saturated rings. The molecular formula is C17H18N2O4. The van der Waals surface area contributed by atoms with E-state index in [-0.39, 0.29) is 11.5 Å². The van der Waals surface area contributed by atoms with Crippen LogP contribution in [0.1, 0.15) is 10.4 Å². The van der Waals surface area contributed by atoms with E-state index in [4.69, 9.17) is 0 Å². The molecule has 0 unspecified atom stereocenters. The Hall–Kier alpha value is -2.89. The van der Waals surface area contributed by atoms with Crippen LogP contribution in [0.15, 0.2) is 42.5 Å². The Morgan fingerprint density at radius 1 is 0.870 bits per heavy atom. The summed E-state index contributed by atoms with van der Waals surface area (Å²) in [6, 6.07) is 12.3. The molecular weight excluding hydrogens is 296 g/mol. The summed E-state index contributed by atoms with van der Waals surface area (Å²) < 4.78 is 0. The van der Waals surface area contributed by atoms with Gasteiger partial charge in [-0.3, -0.25) is 4.79 Å². The van der Waals surface area contributed by atoms with Crippen molar-refractivity contribution in [1.82, 2.24) is 4.90 Å². The Bertz CT molecular complexity index is 687. The van der Waals surface area contributed by atoms with Crippen molar-refractivity contribution in [3.8, 4) is 17.2 Å². The van der Waals surface area contributed by atoms with Crippen molar-refractivity contribution in [3.05, 3.63) is 48.0 Å². The van der Waals surface area contributed by atoms with Crippen molar-refractivity contribution in [2.24, 2.45) is 0 Å². The standard InChI is InChI=1S/C17H18N2O4/c20-14-10-12(11-15(21)16(14)22)17(23)19-8-6-18(7-9-19)13-4-2-1-3-5-13/h1-5,10-11,20-22H,6-9H2. The van der Waals surface area contributed by atoms with Crippen molar-refractivity contribution in [2.75, 3.05) is 31.1 Å². The third kappa shape index (κ3) is 3.01. The summed E-state index contributed by atoms with van der Waals surface area (Å²) in [5.74, 6) is -1.90. The van der Waals surface area contributed by atoms with E-state index in [1.165, 1.54) is 12.1 Å². The molecule has 0 saturated carbocycles. The Kier molecular flexibility index (Phi) is 3.97. The second kappa shape index (κ2) is 6.08. The zero-order valence-electron chi connectivity index (χ0n) is 12.5. The van der Waals surface area contributed by atoms with E-state index in [1.807, 2.05) is 30.3 Å². The zero-order chi connectivity index (χ0) is 16.4. The quantitative estimate of drug-likeness (QED) is 0.736. The van der Waals surface area contributed by atoms with Gasteiger partial charge in [-0.2, -0.15) is 0 Å². The molecule has 0 radical (unpaired) electrons. The number of phenols is 3. The molecule has 1 heterocycles. The van der Waals surface area contributed by atoms with Crippen molar-refractivity contribution < 1.29 is 20.1 Å². The molecule has 1 aliphatic heterocycles. The first kappa shape index (κ1) is 15.0. The molecule has 1 amide bonds. The fraction of sp³-hybridized carbons (Fsp3) is 0.235. The molecule has 2 aromatic carbocycles. The fourth-order valence-corrected chi connectivity index (χ4v) is 2.72. The van der Waals surface area contributed by atoms with Gasteiger partial charge in [-0.15, -0.1) is 0 Å². The Morgan fingerprint density at radius 2 is 1.43 bits per heavy atom. The molecule has 1 aliphatic rings. The SMILES string of the molecule is O=C(c1cc(O)c(O)c(O)c1)N1CCN(c2ccccc2)CC1. The van der Waals surface area contributed by atoms with Crippen LogP contribution in [-0.4, -0.2) is 52.3 Å². The summed E-state index contributed by atoms with van der Waals surface area (Å²) in [6.07, 6.45) is 0. The van der Waals surface area contributed by atoms with Crippen LogP contribution in [0.4, 0.5) is 5.69 Å². The lowest BCUT2D eigenvalue weighted by atomic mass is 10.1. The molecule has 2 aromatic rings. The van der Waals surface area contributed by atoms with Crippen LogP contribution >= 0.6 is 0 Å². The maximum atomic E-state index is 12.5. The van der Waals surface area contributed by atoms with Gasteiger partial charge in [0.15, 0.2) is 17.2 Å². The van der Waals surface area contributed by atoms with Crippen LogP contribution in [0.2, 0.25) is 0 Å². The highest BCUT2D eigenvalue weighted by atomic mass is 16.3. The fourth-order valence-electron chi connectivity index (χ4n) is 2.72. The smallest absolute Gasteiger partial charge is 0.254 e. The van der Waals surface area contributed by atoms with E-state index in [2.05, 4.69) is 4.90 Å². The predicted octanol–water partition coefficient (Wildman–Crippen LogP) is 1.77. The van der Waals surface area contributed by atoms with Gasteiger partial charge in [0, 0.05) is 37.4 Å². The normalized spacial score (nSPS) is 14.8. The van der Waals surface area contributed by atoms with Gasteiger partial charge in [0.05, 0.1) is 0 Å². The summed E-state index contributed by atoms with van der Waals surface area (Å²) in [7, 11) is 0. The summed E-state index contributed by atoms with van der Waals surface area (Å²) >= 11 is 0. The number of carbonyl (C=O) groups is 1. The van der Waals surface area contributed by atoms with Gasteiger partial charge in [-0.05, 0) is 24.3 Å². The van der Waals surface area contributed by atoms with Crippen LogP contribution in [0.25, 0.3) is 0 Å². The molecule has 0 aromatic heterocycles. The highest BCUT2D eigenvalue weighted by Gasteiger charge is 2.23. The van der Waals surface area contributed by atoms with Gasteiger partial charge in [0.25, 0.3) is 5.91 Å². The average molecular weight is 314 g/mol. The van der Waals surface area contributed by atoms with Crippen LogP contribution in [0.5, 0.6) is 17.2 Å². The van der Waals surface area contributed by atoms with E-state index in [0.717, 1.165) is 5.69 Å². The van der Waals surface area contributed by atoms with Gasteiger partial charge in [0.2, 0.25) is 0 Å². The number of aromatic hydroxyl groups is 3. The van der Waals surface area contributed by atoms with Crippen molar-refractivity contribution >= 4 is 11.6 Å². The number of hydrogen-bond acceptors (Lipinski definition) is 5. The Balaban J connectivity index is 1.69. The molecule has 0 atom stereocenters. The van der Waals surface area contributed by atoms with E-state index in [9.17, 15) is 20.1 Å². The zero-order valence-corrected chi connectivity index (χ0v) is 12.5. The topological polar surface area (TPSA) is 84.2 Å². The number of piperazine rings is 1. The molecule has 23 heavy (non-hydrogen) atoms. The third-order valence-electron chi connectivity index (χ3n) is 4.00. The maximum absolute atomic E-state index is 12.5. The molecule has 0 bridgehead atoms. The molecule has 6 nitrogen and oxygen atoms in total. The van der Waals surface area contributed by atoms with Crippen molar-refractivity contribution in [3.63, 3.8) is 0 Å². The highest BCUT2D eigenvalue weighted by Crippen LogP contribution is 2.35. The highest BCUT2D eigenvalue weighted by molar-refractivity contribution is 5.95. The van der Waals surface area contributed by atoms with Crippen LogP contribution in [0.3, 0.4) is 0 Å². The number of phenolic OH excluding ortho intramolecular Hbond substituents is 3. The predicted molar refractivity (Wildman–Crippen MR) is 86.0 cm³/mol. The number of para-hydroxylation sites is 1. The number of rotatable bonds is 2. The van der Waals surface area contributed by atoms with Gasteiger partial charge < -0.3 is 25.1 Å². The Labute approximate surface area is 133 Å². The van der Waals surface area contributed by atoms with E-state index < -0.39 is 17.2 Å². The van der Waals surface area contributed by atoms with Crippen molar-refractivity contribution in [2.45, 2.75) is 0 Å². The number of amides is 1. The first-order valence-electron chi connectivity index (χ1n) is 7.40. The second-order valence-corrected chi connectivity index (χ2v) is 5.48. The minimum Gasteiger partial charge on any atom is -0.504 e. The molecule has 1 saturated heterocycles. The lowest BCUT2D eigenvalue weighted by molar-refractivity contribution is 0.0746. The molecule has 120 valence electrons. The molecule has 6 heteroatoms. The monoisotopic (exact) mass is 314 g/mol. The largest absolute Gasteiger partial charge is 0.504 e. The van der Waals surface area contributed by atoms with E-state index in [1.54, 1.807) is 4.90 Å². The number of anilines is 1. The number of benzene rings is 2. The molecule has 3 rings (SSSR count). The van der Waals surface area contributed by atoms with E-state index >= 15 is 0 Å². The Morgan fingerprint density at radius 3 is 2.00 bits per heavy atom. The van der Waals surface area contributed by atoms with Crippen LogP contribution in [0, 0.1) is 0 Å². The second-order valence-electron chi connectivity index (χ2n) is 5.48. The maximum Gasteiger partial charge on any atom is 0.254 e. The first-order chi connectivity index (χ1) is 11.1. The molecule has 3 N–H and O–H groups in total. The summed E-state index contributed by atoms with van der Waals surface area (Å²) in [5.41, 5.74) is 1.28. The summed E-state index contributed by atoms with van der Waals surface area (Å²) in [5, 5.41) is 28.4.